The number of benzene rings is 2. The molecule has 2 aromatic rings. The van der Waals surface area contributed by atoms with Gasteiger partial charge in [0, 0.05) is 18.6 Å². The summed E-state index contributed by atoms with van der Waals surface area (Å²) < 4.78 is 10.7. The number of aliphatic hydroxyl groups excluding tert-OH is 4. The van der Waals surface area contributed by atoms with Crippen LogP contribution in [0.25, 0.3) is 0 Å². The first-order valence-electron chi connectivity index (χ1n) is 9.55. The molecule has 7 N–H and O–H groups in total. The first-order valence-corrected chi connectivity index (χ1v) is 9.55. The normalized spacial score (nSPS) is 25.9. The highest BCUT2D eigenvalue weighted by Gasteiger charge is 2.45. The zero-order valence-electron chi connectivity index (χ0n) is 16.3. The van der Waals surface area contributed by atoms with Gasteiger partial charge in [-0.1, -0.05) is 12.1 Å². The third-order valence-electron chi connectivity index (χ3n) is 5.01. The molecule has 168 valence electrons. The fourth-order valence-electron chi connectivity index (χ4n) is 3.30. The third kappa shape index (κ3) is 5.06. The molecule has 5 atom stereocenters. The lowest BCUT2D eigenvalue weighted by atomic mass is 9.99. The number of aryl methyl sites for hydroxylation is 1. The number of ketones is 1. The van der Waals surface area contributed by atoms with Crippen molar-refractivity contribution in [2.24, 2.45) is 0 Å². The predicted octanol–water partition coefficient (Wildman–Crippen LogP) is -0.202. The number of phenols is 3. The highest BCUT2D eigenvalue weighted by molar-refractivity contribution is 6.01. The lowest BCUT2D eigenvalue weighted by Gasteiger charge is -2.39. The van der Waals surface area contributed by atoms with E-state index in [0.717, 1.165) is 17.7 Å². The fourth-order valence-corrected chi connectivity index (χ4v) is 3.30. The Kier molecular flexibility index (Phi) is 6.98. The minimum absolute atomic E-state index is 0.0475. The standard InChI is InChI=1S/C21H24O10/c22-9-16-18(27)19(28)20(29)21(31-16)30-15-8-12(24)7-14(26)17(15)13(25)6-3-10-1-4-11(23)5-2-10/h1-2,4-5,7-8,16,18-24,26-29H,3,6,9H2/t16?,18-,19?,20?,21+/m1/s1. The fraction of sp³-hybridized carbons (Fsp3) is 0.381. The summed E-state index contributed by atoms with van der Waals surface area (Å²) in [5.41, 5.74) is 0.495. The van der Waals surface area contributed by atoms with Gasteiger partial charge in [-0.2, -0.15) is 0 Å². The maximum Gasteiger partial charge on any atom is 0.229 e. The number of ether oxygens (including phenoxy) is 2. The summed E-state index contributed by atoms with van der Waals surface area (Å²) in [6, 6.07) is 8.23. The summed E-state index contributed by atoms with van der Waals surface area (Å²) in [4.78, 5) is 12.8. The summed E-state index contributed by atoms with van der Waals surface area (Å²) in [5.74, 6) is -1.74. The van der Waals surface area contributed by atoms with Crippen LogP contribution >= 0.6 is 0 Å². The number of carbonyl (C=O) groups excluding carboxylic acids is 1. The number of hydrogen-bond donors (Lipinski definition) is 7. The van der Waals surface area contributed by atoms with Gasteiger partial charge in [0.1, 0.15) is 53.0 Å². The molecule has 0 radical (unpaired) electrons. The summed E-state index contributed by atoms with van der Waals surface area (Å²) in [6.45, 7) is -0.672. The van der Waals surface area contributed by atoms with E-state index in [1.165, 1.54) is 12.1 Å². The largest absolute Gasteiger partial charge is 0.508 e. The SMILES string of the molecule is O=C(CCc1ccc(O)cc1)c1c(O)cc(O)cc1O[C@H]1OC(CO)[C@@H](O)C(O)C1O. The number of rotatable bonds is 7. The van der Waals surface area contributed by atoms with Gasteiger partial charge in [-0.15, -0.1) is 0 Å². The Labute approximate surface area is 177 Å². The van der Waals surface area contributed by atoms with Crippen LogP contribution in [0.4, 0.5) is 0 Å². The smallest absolute Gasteiger partial charge is 0.229 e. The number of phenolic OH excluding ortho intramolecular Hbond substituents is 3. The Morgan fingerprint density at radius 2 is 1.61 bits per heavy atom. The predicted molar refractivity (Wildman–Crippen MR) is 105 cm³/mol. The van der Waals surface area contributed by atoms with Crippen molar-refractivity contribution in [1.29, 1.82) is 0 Å². The van der Waals surface area contributed by atoms with E-state index >= 15 is 0 Å². The maximum atomic E-state index is 12.8. The first-order chi connectivity index (χ1) is 14.7. The van der Waals surface area contributed by atoms with Gasteiger partial charge in [0.2, 0.25) is 6.29 Å². The highest BCUT2D eigenvalue weighted by Crippen LogP contribution is 2.36. The molecule has 10 nitrogen and oxygen atoms in total. The van der Waals surface area contributed by atoms with E-state index < -0.39 is 54.6 Å². The van der Waals surface area contributed by atoms with Crippen molar-refractivity contribution in [3.05, 3.63) is 47.5 Å². The summed E-state index contributed by atoms with van der Waals surface area (Å²) in [7, 11) is 0. The quantitative estimate of drug-likeness (QED) is 0.288. The third-order valence-corrected chi connectivity index (χ3v) is 5.01. The molecular formula is C21H24O10. The van der Waals surface area contributed by atoms with E-state index in [-0.39, 0.29) is 23.5 Å². The Morgan fingerprint density at radius 1 is 0.935 bits per heavy atom. The Balaban J connectivity index is 1.82. The molecule has 1 aliphatic heterocycles. The van der Waals surface area contributed by atoms with Crippen LogP contribution in [0.1, 0.15) is 22.3 Å². The summed E-state index contributed by atoms with van der Waals surface area (Å²) >= 11 is 0. The van der Waals surface area contributed by atoms with Crippen LogP contribution in [-0.4, -0.2) is 78.8 Å². The van der Waals surface area contributed by atoms with E-state index in [0.29, 0.717) is 6.42 Å². The molecule has 3 rings (SSSR count). The second-order valence-electron chi connectivity index (χ2n) is 7.24. The van der Waals surface area contributed by atoms with Crippen molar-refractivity contribution >= 4 is 5.78 Å². The van der Waals surface area contributed by atoms with Gasteiger partial charge < -0.3 is 45.2 Å². The number of Topliss-reactive ketones (excluding diaryl/α,β-unsaturated/α-hetero) is 1. The second-order valence-corrected chi connectivity index (χ2v) is 7.24. The van der Waals surface area contributed by atoms with E-state index in [1.54, 1.807) is 12.1 Å². The number of carbonyl (C=O) groups is 1. The highest BCUT2D eigenvalue weighted by atomic mass is 16.7. The molecule has 0 aromatic heterocycles. The number of hydrogen-bond acceptors (Lipinski definition) is 10. The van der Waals surface area contributed by atoms with Crippen LogP contribution in [0.2, 0.25) is 0 Å². The van der Waals surface area contributed by atoms with Gasteiger partial charge in [-0.05, 0) is 24.1 Å². The van der Waals surface area contributed by atoms with Gasteiger partial charge in [-0.25, -0.2) is 0 Å². The van der Waals surface area contributed by atoms with Crippen LogP contribution in [0, 0.1) is 0 Å². The van der Waals surface area contributed by atoms with E-state index in [2.05, 4.69) is 0 Å². The Bertz CT molecular complexity index is 911. The van der Waals surface area contributed by atoms with Crippen LogP contribution in [-0.2, 0) is 11.2 Å². The minimum atomic E-state index is -1.73. The average molecular weight is 436 g/mol. The van der Waals surface area contributed by atoms with Crippen molar-refractivity contribution in [1.82, 2.24) is 0 Å². The molecule has 1 aliphatic rings. The molecule has 0 saturated carbocycles. The van der Waals surface area contributed by atoms with E-state index in [9.17, 15) is 40.5 Å². The minimum Gasteiger partial charge on any atom is -0.508 e. The van der Waals surface area contributed by atoms with Gasteiger partial charge >= 0.3 is 0 Å². The zero-order valence-corrected chi connectivity index (χ0v) is 16.3. The molecule has 1 heterocycles. The Morgan fingerprint density at radius 3 is 2.26 bits per heavy atom. The van der Waals surface area contributed by atoms with Gasteiger partial charge in [0.25, 0.3) is 0 Å². The lowest BCUT2D eigenvalue weighted by Crippen LogP contribution is -2.60. The van der Waals surface area contributed by atoms with Crippen molar-refractivity contribution < 1.29 is 50.0 Å². The maximum absolute atomic E-state index is 12.8. The van der Waals surface area contributed by atoms with Crippen LogP contribution in [0.3, 0.4) is 0 Å². The molecule has 1 saturated heterocycles. The second kappa shape index (κ2) is 9.50. The molecule has 0 bridgehead atoms. The van der Waals surface area contributed by atoms with Crippen LogP contribution in [0.5, 0.6) is 23.0 Å². The van der Waals surface area contributed by atoms with Crippen molar-refractivity contribution in [2.75, 3.05) is 6.61 Å². The monoisotopic (exact) mass is 436 g/mol. The first kappa shape index (κ1) is 22.8. The van der Waals surface area contributed by atoms with Crippen LogP contribution < -0.4 is 4.74 Å². The molecule has 0 aliphatic carbocycles. The molecule has 0 amide bonds. The van der Waals surface area contributed by atoms with Gasteiger partial charge in [-0.3, -0.25) is 4.79 Å². The molecule has 31 heavy (non-hydrogen) atoms. The molecule has 2 aromatic carbocycles. The van der Waals surface area contributed by atoms with Crippen molar-refractivity contribution in [3.8, 4) is 23.0 Å². The van der Waals surface area contributed by atoms with Crippen molar-refractivity contribution in [3.63, 3.8) is 0 Å². The lowest BCUT2D eigenvalue weighted by molar-refractivity contribution is -0.277. The zero-order chi connectivity index (χ0) is 22.7. The average Bonchev–Trinajstić information content (AvgIpc) is 2.73. The summed E-state index contributed by atoms with van der Waals surface area (Å²) in [5, 5.41) is 68.6. The van der Waals surface area contributed by atoms with E-state index in [4.69, 9.17) is 9.47 Å². The number of aliphatic hydroxyl groups is 4. The van der Waals surface area contributed by atoms with Gasteiger partial charge in [0.15, 0.2) is 5.78 Å². The van der Waals surface area contributed by atoms with Crippen LogP contribution in [0.15, 0.2) is 36.4 Å². The van der Waals surface area contributed by atoms with Gasteiger partial charge in [0.05, 0.1) is 6.61 Å². The number of aromatic hydroxyl groups is 3. The molecule has 10 heteroatoms. The molecular weight excluding hydrogens is 412 g/mol. The molecule has 3 unspecified atom stereocenters. The summed E-state index contributed by atoms with van der Waals surface area (Å²) in [6.07, 6.45) is -7.61. The molecule has 0 spiro atoms. The topological polar surface area (TPSA) is 177 Å². The van der Waals surface area contributed by atoms with E-state index in [1.807, 2.05) is 0 Å². The molecule has 1 fully saturated rings. The Hall–Kier alpha value is -2.89. The van der Waals surface area contributed by atoms with Crippen molar-refractivity contribution in [2.45, 2.75) is 43.5 Å².